The van der Waals surface area contributed by atoms with E-state index in [1.807, 2.05) is 12.1 Å². The quantitative estimate of drug-likeness (QED) is 0.885. The van der Waals surface area contributed by atoms with Crippen molar-refractivity contribution in [3.63, 3.8) is 0 Å². The predicted octanol–water partition coefficient (Wildman–Crippen LogP) is 1.09. The van der Waals surface area contributed by atoms with Gasteiger partial charge in [0, 0.05) is 51.7 Å². The van der Waals surface area contributed by atoms with Crippen LogP contribution in [-0.4, -0.2) is 67.6 Å². The summed E-state index contributed by atoms with van der Waals surface area (Å²) in [6.07, 6.45) is 2.59. The zero-order valence-corrected chi connectivity index (χ0v) is 14.8. The molecule has 5 nitrogen and oxygen atoms in total. The molecule has 132 valence electrons. The molecule has 1 amide bonds. The van der Waals surface area contributed by atoms with Crippen LogP contribution in [0.25, 0.3) is 0 Å². The maximum atomic E-state index is 12.6. The smallest absolute Gasteiger partial charge is 0.227 e. The molecule has 2 saturated heterocycles. The molecule has 1 aromatic carbocycles. The highest BCUT2D eigenvalue weighted by atomic mass is 35.5. The van der Waals surface area contributed by atoms with Crippen LogP contribution in [0, 0.1) is 0 Å². The summed E-state index contributed by atoms with van der Waals surface area (Å²) in [5.41, 5.74) is 2.36. The van der Waals surface area contributed by atoms with Gasteiger partial charge < -0.3 is 15.0 Å². The number of halogens is 1. The number of fused-ring (bicyclic) bond motifs is 1. The van der Waals surface area contributed by atoms with Gasteiger partial charge in [-0.25, -0.2) is 0 Å². The Morgan fingerprint density at radius 2 is 2.08 bits per heavy atom. The van der Waals surface area contributed by atoms with Crippen LogP contribution < -0.4 is 10.1 Å². The molecule has 6 heteroatoms. The van der Waals surface area contributed by atoms with Gasteiger partial charge in [-0.15, -0.1) is 12.4 Å². The van der Waals surface area contributed by atoms with Gasteiger partial charge in [0.15, 0.2) is 0 Å². The van der Waals surface area contributed by atoms with Crippen molar-refractivity contribution in [1.82, 2.24) is 15.1 Å². The normalized spacial score (nSPS) is 23.5. The summed E-state index contributed by atoms with van der Waals surface area (Å²) in [5.74, 6) is 1.25. The Morgan fingerprint density at radius 1 is 1.25 bits per heavy atom. The number of amides is 1. The summed E-state index contributed by atoms with van der Waals surface area (Å²) in [6, 6.07) is 6.74. The first-order chi connectivity index (χ1) is 11.3. The van der Waals surface area contributed by atoms with Crippen molar-refractivity contribution in [1.29, 1.82) is 0 Å². The average Bonchev–Trinajstić information content (AvgIpc) is 3.24. The van der Waals surface area contributed by atoms with Gasteiger partial charge in [-0.2, -0.15) is 0 Å². The molecule has 0 aliphatic carbocycles. The molecule has 1 N–H and O–H groups in total. The molecule has 0 spiro atoms. The van der Waals surface area contributed by atoms with Crippen LogP contribution in [0.5, 0.6) is 5.75 Å². The van der Waals surface area contributed by atoms with Gasteiger partial charge in [0.25, 0.3) is 0 Å². The second-order valence-electron chi connectivity index (χ2n) is 6.79. The number of ether oxygens (including phenoxy) is 1. The maximum Gasteiger partial charge on any atom is 0.227 e. The van der Waals surface area contributed by atoms with Crippen LogP contribution >= 0.6 is 12.4 Å². The summed E-state index contributed by atoms with van der Waals surface area (Å²) >= 11 is 0. The lowest BCUT2D eigenvalue weighted by Crippen LogP contribution is -2.49. The summed E-state index contributed by atoms with van der Waals surface area (Å²) in [6.45, 7) is 6.93. The zero-order valence-electron chi connectivity index (χ0n) is 14.0. The van der Waals surface area contributed by atoms with E-state index in [0.29, 0.717) is 12.5 Å². The lowest BCUT2D eigenvalue weighted by molar-refractivity contribution is -0.129. The molecule has 3 heterocycles. The monoisotopic (exact) mass is 351 g/mol. The highest BCUT2D eigenvalue weighted by molar-refractivity contribution is 5.85. The fourth-order valence-corrected chi connectivity index (χ4v) is 3.95. The molecule has 0 radical (unpaired) electrons. The van der Waals surface area contributed by atoms with Crippen molar-refractivity contribution in [2.45, 2.75) is 25.3 Å². The minimum Gasteiger partial charge on any atom is -0.493 e. The van der Waals surface area contributed by atoms with E-state index in [1.165, 1.54) is 5.56 Å². The van der Waals surface area contributed by atoms with Gasteiger partial charge in [-0.05, 0) is 23.6 Å². The number of likely N-dealkylation sites (tertiary alicyclic amines) is 1. The third-order valence-corrected chi connectivity index (χ3v) is 5.29. The highest BCUT2D eigenvalue weighted by Crippen LogP contribution is 2.26. The summed E-state index contributed by atoms with van der Waals surface area (Å²) in [7, 11) is 0. The van der Waals surface area contributed by atoms with Crippen molar-refractivity contribution in [3.8, 4) is 5.75 Å². The van der Waals surface area contributed by atoms with E-state index in [-0.39, 0.29) is 18.3 Å². The molecule has 0 aromatic heterocycles. The number of hydrogen-bond donors (Lipinski definition) is 1. The number of hydrogen-bond acceptors (Lipinski definition) is 4. The van der Waals surface area contributed by atoms with Gasteiger partial charge in [0.05, 0.1) is 13.0 Å². The zero-order chi connectivity index (χ0) is 15.6. The number of carbonyl (C=O) groups excluding carboxylic acids is 1. The molecule has 3 aliphatic heterocycles. The molecule has 24 heavy (non-hydrogen) atoms. The molecule has 2 fully saturated rings. The van der Waals surface area contributed by atoms with E-state index in [4.69, 9.17) is 4.74 Å². The first-order valence-corrected chi connectivity index (χ1v) is 8.77. The van der Waals surface area contributed by atoms with Crippen LogP contribution in [-0.2, 0) is 17.6 Å². The Kier molecular flexibility index (Phi) is 5.64. The van der Waals surface area contributed by atoms with E-state index in [0.717, 1.165) is 70.0 Å². The Balaban J connectivity index is 0.00000169. The Bertz CT molecular complexity index is 590. The minimum absolute atomic E-state index is 0. The number of nitrogens with zero attached hydrogens (tertiary/aromatic N) is 2. The summed E-state index contributed by atoms with van der Waals surface area (Å²) in [4.78, 5) is 17.2. The van der Waals surface area contributed by atoms with Crippen molar-refractivity contribution >= 4 is 18.3 Å². The fraction of sp³-hybridized carbons (Fsp3) is 0.611. The van der Waals surface area contributed by atoms with E-state index < -0.39 is 0 Å². The number of nitrogens with one attached hydrogen (secondary N) is 1. The highest BCUT2D eigenvalue weighted by Gasteiger charge is 2.30. The van der Waals surface area contributed by atoms with Crippen LogP contribution in [0.1, 0.15) is 17.5 Å². The topological polar surface area (TPSA) is 44.8 Å². The van der Waals surface area contributed by atoms with E-state index in [9.17, 15) is 4.79 Å². The lowest BCUT2D eigenvalue weighted by atomic mass is 10.1. The predicted molar refractivity (Wildman–Crippen MR) is 96.0 cm³/mol. The number of piperazine rings is 1. The molecule has 1 atom stereocenters. The van der Waals surface area contributed by atoms with Crippen molar-refractivity contribution in [2.24, 2.45) is 0 Å². The Hall–Kier alpha value is -1.30. The van der Waals surface area contributed by atoms with Crippen molar-refractivity contribution < 1.29 is 9.53 Å². The molecule has 1 aromatic rings. The summed E-state index contributed by atoms with van der Waals surface area (Å²) in [5, 5.41) is 3.39. The van der Waals surface area contributed by atoms with Crippen LogP contribution in [0.3, 0.4) is 0 Å². The van der Waals surface area contributed by atoms with Crippen LogP contribution in [0.2, 0.25) is 0 Å². The van der Waals surface area contributed by atoms with Crippen LogP contribution in [0.4, 0.5) is 0 Å². The lowest BCUT2D eigenvalue weighted by Gasteiger charge is -2.32. The Labute approximate surface area is 149 Å². The maximum absolute atomic E-state index is 12.6. The number of rotatable bonds is 3. The van der Waals surface area contributed by atoms with Gasteiger partial charge >= 0.3 is 0 Å². The number of carbonyl (C=O) groups is 1. The average molecular weight is 352 g/mol. The fourth-order valence-electron chi connectivity index (χ4n) is 3.95. The third kappa shape index (κ3) is 3.68. The van der Waals surface area contributed by atoms with Crippen LogP contribution in [0.15, 0.2) is 18.2 Å². The second kappa shape index (κ2) is 7.72. The van der Waals surface area contributed by atoms with Gasteiger partial charge in [-0.1, -0.05) is 12.1 Å². The van der Waals surface area contributed by atoms with Gasteiger partial charge in [0.1, 0.15) is 5.75 Å². The molecular weight excluding hydrogens is 326 g/mol. The van der Waals surface area contributed by atoms with Crippen molar-refractivity contribution in [3.05, 3.63) is 29.3 Å². The summed E-state index contributed by atoms with van der Waals surface area (Å²) < 4.78 is 5.53. The first kappa shape index (κ1) is 17.5. The molecule has 3 aliphatic rings. The molecule has 0 bridgehead atoms. The standard InChI is InChI=1S/C18H25N3O2.ClH/c22-18(12-14-1-2-17-15(11-14)4-10-23-17)21-7-3-16(13-21)20-8-5-19-6-9-20;/h1-2,11,16,19H,3-10,12-13H2;1H. The molecule has 4 rings (SSSR count). The van der Waals surface area contributed by atoms with Crippen molar-refractivity contribution in [2.75, 3.05) is 45.9 Å². The number of benzene rings is 1. The van der Waals surface area contributed by atoms with Gasteiger partial charge in [-0.3, -0.25) is 9.69 Å². The first-order valence-electron chi connectivity index (χ1n) is 8.77. The minimum atomic E-state index is 0. The third-order valence-electron chi connectivity index (χ3n) is 5.29. The van der Waals surface area contributed by atoms with E-state index in [2.05, 4.69) is 21.2 Å². The molecule has 1 unspecified atom stereocenters. The molecular formula is C18H26ClN3O2. The SMILES string of the molecule is Cl.O=C(Cc1ccc2c(c1)CCO2)N1CCC(N2CCNCC2)C1. The van der Waals surface area contributed by atoms with E-state index in [1.54, 1.807) is 0 Å². The second-order valence-corrected chi connectivity index (χ2v) is 6.79. The van der Waals surface area contributed by atoms with E-state index >= 15 is 0 Å². The van der Waals surface area contributed by atoms with Gasteiger partial charge in [0.2, 0.25) is 5.91 Å². The largest absolute Gasteiger partial charge is 0.493 e. The Morgan fingerprint density at radius 3 is 2.92 bits per heavy atom. The molecule has 0 saturated carbocycles.